The lowest BCUT2D eigenvalue weighted by Gasteiger charge is -2.27. The lowest BCUT2D eigenvalue weighted by molar-refractivity contribution is -0.133. The van der Waals surface area contributed by atoms with Crippen LogP contribution in [0.5, 0.6) is 0 Å². The summed E-state index contributed by atoms with van der Waals surface area (Å²) in [5.74, 6) is -1.17. The summed E-state index contributed by atoms with van der Waals surface area (Å²) in [6.45, 7) is 9.17. The number of nitrogens with one attached hydrogen (secondary N) is 3. The molecule has 12 nitrogen and oxygen atoms in total. The molecule has 2 fully saturated rings. The Labute approximate surface area is 287 Å². The Morgan fingerprint density at radius 2 is 1.47 bits per heavy atom. The molecule has 49 heavy (non-hydrogen) atoms. The Morgan fingerprint density at radius 3 is 2.10 bits per heavy atom. The molecule has 2 aliphatic heterocycles. The number of carbonyl (C=O) groups excluding carboxylic acids is 4. The van der Waals surface area contributed by atoms with Crippen molar-refractivity contribution >= 4 is 23.5 Å². The third-order valence-corrected chi connectivity index (χ3v) is 8.82. The van der Waals surface area contributed by atoms with Crippen molar-refractivity contribution in [3.8, 4) is 0 Å². The molecule has 5 rings (SSSR count). The van der Waals surface area contributed by atoms with Gasteiger partial charge in [-0.1, -0.05) is 79.7 Å². The molecule has 3 N–H and O–H groups in total. The molecule has 4 atom stereocenters. The van der Waals surface area contributed by atoms with Crippen molar-refractivity contribution in [1.82, 2.24) is 26.0 Å². The van der Waals surface area contributed by atoms with Gasteiger partial charge in [0.2, 0.25) is 11.8 Å². The number of hydrogen-bond acceptors (Lipinski definition) is 9. The molecule has 0 aliphatic carbocycles. The van der Waals surface area contributed by atoms with Crippen molar-refractivity contribution in [3.05, 3.63) is 89.3 Å². The number of epoxide rings is 1. The molecule has 0 unspecified atom stereocenters. The van der Waals surface area contributed by atoms with Crippen LogP contribution in [0.3, 0.4) is 0 Å². The number of Topliss-reactive ketones (excluding diaryl/α,β-unsaturated/α-hetero) is 1. The molecule has 2 aromatic carbocycles. The Kier molecular flexibility index (Phi) is 12.3. The molecule has 2 aliphatic rings. The maximum absolute atomic E-state index is 13.9. The minimum absolute atomic E-state index is 0.0426. The van der Waals surface area contributed by atoms with Crippen LogP contribution >= 0.6 is 0 Å². The molecule has 0 saturated carbocycles. The minimum Gasteiger partial charge on any atom is -0.379 e. The summed E-state index contributed by atoms with van der Waals surface area (Å²) >= 11 is 0. The van der Waals surface area contributed by atoms with Crippen LogP contribution in [-0.4, -0.2) is 90.2 Å². The van der Waals surface area contributed by atoms with Crippen LogP contribution in [-0.2, 0) is 43.2 Å². The standard InChI is InChI=1S/C37H47N5O7/c1-25(2)20-31(35(45)39-30(33(43)37(3)24-48-37)21-27-12-8-5-9-13-27)40-34(44)29(15-14-26-10-6-4-7-11-26)38-36(46)32-22-28(49-41-32)23-42-16-18-47-19-17-42/h4-13,22,25,29-31H,14-21,23-24H2,1-3H3,(H,38,46)(H,39,45)(H,40,44)/t29-,30-,31-,37+/m0/s1. The van der Waals surface area contributed by atoms with Crippen molar-refractivity contribution < 1.29 is 33.2 Å². The molecule has 1 aromatic heterocycles. The van der Waals surface area contributed by atoms with Crippen molar-refractivity contribution in [2.75, 3.05) is 32.9 Å². The topological polar surface area (TPSA) is 155 Å². The molecule has 0 radical (unpaired) electrons. The maximum atomic E-state index is 13.9. The van der Waals surface area contributed by atoms with Gasteiger partial charge in [0.25, 0.3) is 5.91 Å². The van der Waals surface area contributed by atoms with Gasteiger partial charge in [0, 0.05) is 19.2 Å². The van der Waals surface area contributed by atoms with Crippen LogP contribution in [0.25, 0.3) is 0 Å². The fraction of sp³-hybridized carbons (Fsp3) is 0.486. The van der Waals surface area contributed by atoms with Gasteiger partial charge >= 0.3 is 0 Å². The first-order valence-corrected chi connectivity index (χ1v) is 17.0. The normalized spacial score (nSPS) is 19.4. The lowest BCUT2D eigenvalue weighted by atomic mass is 9.94. The third kappa shape index (κ3) is 10.5. The molecule has 0 bridgehead atoms. The van der Waals surface area contributed by atoms with E-state index in [1.165, 1.54) is 0 Å². The van der Waals surface area contributed by atoms with E-state index < -0.39 is 41.4 Å². The van der Waals surface area contributed by atoms with Crippen LogP contribution in [0.15, 0.2) is 71.3 Å². The Morgan fingerprint density at radius 1 is 0.857 bits per heavy atom. The Balaban J connectivity index is 1.29. The molecule has 3 heterocycles. The zero-order valence-electron chi connectivity index (χ0n) is 28.5. The number of benzene rings is 2. The SMILES string of the molecule is CC(C)C[C@H](NC(=O)[C@H](CCc1ccccc1)NC(=O)c1cc(CN2CCOCC2)on1)C(=O)N[C@@H](Cc1ccccc1)C(=O)[C@@]1(C)CO1. The highest BCUT2D eigenvalue weighted by Gasteiger charge is 2.50. The Hall–Kier alpha value is -4.39. The third-order valence-electron chi connectivity index (χ3n) is 8.82. The molecule has 2 saturated heterocycles. The number of nitrogens with zero attached hydrogens (tertiary/aromatic N) is 2. The number of amides is 3. The quantitative estimate of drug-likeness (QED) is 0.184. The van der Waals surface area contributed by atoms with E-state index >= 15 is 0 Å². The summed E-state index contributed by atoms with van der Waals surface area (Å²) in [4.78, 5) is 56.7. The Bertz CT molecular complexity index is 1550. The van der Waals surface area contributed by atoms with Crippen LogP contribution < -0.4 is 16.0 Å². The summed E-state index contributed by atoms with van der Waals surface area (Å²) in [5, 5.41) is 12.6. The molecule has 262 valence electrons. The largest absolute Gasteiger partial charge is 0.379 e. The van der Waals surface area contributed by atoms with Crippen molar-refractivity contribution in [2.45, 2.75) is 76.7 Å². The van der Waals surface area contributed by atoms with Crippen molar-refractivity contribution in [3.63, 3.8) is 0 Å². The summed E-state index contributed by atoms with van der Waals surface area (Å²) in [7, 11) is 0. The summed E-state index contributed by atoms with van der Waals surface area (Å²) in [5.41, 5.74) is 1.01. The van der Waals surface area contributed by atoms with Gasteiger partial charge in [-0.25, -0.2) is 0 Å². The number of rotatable bonds is 17. The minimum atomic E-state index is -0.977. The van der Waals surface area contributed by atoms with Crippen LogP contribution in [0, 0.1) is 5.92 Å². The van der Waals surface area contributed by atoms with Crippen LogP contribution in [0.1, 0.15) is 61.0 Å². The predicted octanol–water partition coefficient (Wildman–Crippen LogP) is 2.85. The van der Waals surface area contributed by atoms with Gasteiger partial charge < -0.3 is 29.9 Å². The van der Waals surface area contributed by atoms with E-state index in [0.717, 1.165) is 24.2 Å². The van der Waals surface area contributed by atoms with Crippen molar-refractivity contribution in [1.29, 1.82) is 0 Å². The first kappa shape index (κ1) is 35.9. The summed E-state index contributed by atoms with van der Waals surface area (Å²) in [6.07, 6.45) is 1.40. The van der Waals surface area contributed by atoms with Gasteiger partial charge in [-0.15, -0.1) is 0 Å². The number of aromatic nitrogens is 1. The van der Waals surface area contributed by atoms with Gasteiger partial charge in [-0.2, -0.15) is 0 Å². The van der Waals surface area contributed by atoms with Crippen molar-refractivity contribution in [2.24, 2.45) is 5.92 Å². The second kappa shape index (κ2) is 16.8. The van der Waals surface area contributed by atoms with Gasteiger partial charge in [-0.3, -0.25) is 24.1 Å². The maximum Gasteiger partial charge on any atom is 0.274 e. The fourth-order valence-corrected chi connectivity index (χ4v) is 5.86. The van der Waals surface area contributed by atoms with E-state index in [0.29, 0.717) is 45.0 Å². The number of morpholine rings is 1. The molecular formula is C37H47N5O7. The van der Waals surface area contributed by atoms with E-state index in [2.05, 4.69) is 26.0 Å². The average molecular weight is 674 g/mol. The monoisotopic (exact) mass is 673 g/mol. The van der Waals surface area contributed by atoms with Gasteiger partial charge in [0.15, 0.2) is 17.2 Å². The predicted molar refractivity (Wildman–Crippen MR) is 181 cm³/mol. The molecule has 12 heteroatoms. The van der Waals surface area contributed by atoms with E-state index in [4.69, 9.17) is 14.0 Å². The van der Waals surface area contributed by atoms with Gasteiger partial charge in [0.1, 0.15) is 17.7 Å². The van der Waals surface area contributed by atoms with E-state index in [9.17, 15) is 19.2 Å². The highest BCUT2D eigenvalue weighted by molar-refractivity contribution is 5.99. The van der Waals surface area contributed by atoms with E-state index in [-0.39, 0.29) is 30.2 Å². The molecule has 0 spiro atoms. The van der Waals surface area contributed by atoms with Crippen LogP contribution in [0.4, 0.5) is 0 Å². The fourth-order valence-electron chi connectivity index (χ4n) is 5.86. The van der Waals surface area contributed by atoms with E-state index in [1.807, 2.05) is 74.5 Å². The number of hydrogen-bond donors (Lipinski definition) is 3. The molecular weight excluding hydrogens is 626 g/mol. The number of ketones is 1. The average Bonchev–Trinajstić information content (AvgIpc) is 3.68. The highest BCUT2D eigenvalue weighted by atomic mass is 16.6. The van der Waals surface area contributed by atoms with Gasteiger partial charge in [0.05, 0.1) is 32.4 Å². The first-order chi connectivity index (χ1) is 23.6. The number of aryl methyl sites for hydroxylation is 1. The second-order valence-corrected chi connectivity index (χ2v) is 13.4. The lowest BCUT2D eigenvalue weighted by Crippen LogP contribution is -2.57. The zero-order chi connectivity index (χ0) is 34.8. The summed E-state index contributed by atoms with van der Waals surface area (Å²) in [6, 6.07) is 17.9. The first-order valence-electron chi connectivity index (χ1n) is 17.0. The second-order valence-electron chi connectivity index (χ2n) is 13.4. The molecule has 3 amide bonds. The van der Waals surface area contributed by atoms with Gasteiger partial charge in [-0.05, 0) is 49.7 Å². The van der Waals surface area contributed by atoms with E-state index in [1.54, 1.807) is 13.0 Å². The number of ether oxygens (including phenoxy) is 2. The smallest absolute Gasteiger partial charge is 0.274 e. The molecule has 3 aromatic rings. The zero-order valence-corrected chi connectivity index (χ0v) is 28.5. The number of carbonyl (C=O) groups is 4. The van der Waals surface area contributed by atoms with Crippen LogP contribution in [0.2, 0.25) is 0 Å². The highest BCUT2D eigenvalue weighted by Crippen LogP contribution is 2.29. The summed E-state index contributed by atoms with van der Waals surface area (Å²) < 4.78 is 16.3.